The lowest BCUT2D eigenvalue weighted by atomic mass is 9.73. The minimum absolute atomic E-state index is 0.163. The summed E-state index contributed by atoms with van der Waals surface area (Å²) >= 11 is 0. The van der Waals surface area contributed by atoms with Gasteiger partial charge in [0.2, 0.25) is 0 Å². The van der Waals surface area contributed by atoms with Crippen molar-refractivity contribution in [1.29, 1.82) is 0 Å². The van der Waals surface area contributed by atoms with E-state index in [1.165, 1.54) is 5.56 Å². The summed E-state index contributed by atoms with van der Waals surface area (Å²) in [6, 6.07) is 15.2. The van der Waals surface area contributed by atoms with Crippen molar-refractivity contribution in [3.05, 3.63) is 77.8 Å². The van der Waals surface area contributed by atoms with E-state index in [9.17, 15) is 4.39 Å². The van der Waals surface area contributed by atoms with E-state index in [-0.39, 0.29) is 11.4 Å². The molecule has 0 radical (unpaired) electrons. The van der Waals surface area contributed by atoms with Crippen molar-refractivity contribution in [2.24, 2.45) is 17.8 Å². The quantitative estimate of drug-likeness (QED) is 0.449. The first kappa shape index (κ1) is 25.3. The summed E-state index contributed by atoms with van der Waals surface area (Å²) in [5, 5.41) is 3.61. The molecule has 3 rings (SSSR count). The van der Waals surface area contributed by atoms with Crippen LogP contribution in [0.4, 0.5) is 4.39 Å². The number of nitrogens with one attached hydrogen (secondary N) is 1. The second-order valence-electron chi connectivity index (χ2n) is 10.7. The molecule has 1 aliphatic rings. The first-order valence-corrected chi connectivity index (χ1v) is 12.2. The van der Waals surface area contributed by atoms with Gasteiger partial charge >= 0.3 is 0 Å². The third-order valence-corrected chi connectivity index (χ3v) is 7.04. The number of benzene rings is 2. The van der Waals surface area contributed by atoms with Gasteiger partial charge < -0.3 is 15.0 Å². The molecule has 180 valence electrons. The van der Waals surface area contributed by atoms with Crippen molar-refractivity contribution >= 4 is 0 Å². The smallest absolute Gasteiger partial charge is 0.123 e. The number of hydrogen-bond donors (Lipinski definition) is 1. The van der Waals surface area contributed by atoms with Gasteiger partial charge in [-0.2, -0.15) is 0 Å². The zero-order valence-electron chi connectivity index (χ0n) is 21.0. The molecule has 0 aromatic heterocycles. The Hall–Kier alpha value is -2.33. The lowest BCUT2D eigenvalue weighted by Gasteiger charge is -2.46. The van der Waals surface area contributed by atoms with Crippen LogP contribution in [0.3, 0.4) is 0 Å². The summed E-state index contributed by atoms with van der Waals surface area (Å²) in [6.07, 6.45) is 3.14. The largest absolute Gasteiger partial charge is 0.493 e. The van der Waals surface area contributed by atoms with Crippen LogP contribution in [-0.4, -0.2) is 30.6 Å². The van der Waals surface area contributed by atoms with Crippen LogP contribution in [-0.2, 0) is 13.0 Å². The maximum Gasteiger partial charge on any atom is 0.123 e. The van der Waals surface area contributed by atoms with Crippen LogP contribution >= 0.6 is 0 Å². The molecule has 33 heavy (non-hydrogen) atoms. The zero-order chi connectivity index (χ0) is 24.0. The Morgan fingerprint density at radius 2 is 1.76 bits per heavy atom. The molecule has 4 heteroatoms. The first-order chi connectivity index (χ1) is 15.6. The van der Waals surface area contributed by atoms with Gasteiger partial charge in [0.1, 0.15) is 11.6 Å². The van der Waals surface area contributed by atoms with Gasteiger partial charge in [-0.05, 0) is 93.9 Å². The number of hydrogen-bond acceptors (Lipinski definition) is 3. The molecule has 0 aliphatic carbocycles. The molecule has 2 aromatic carbocycles. The van der Waals surface area contributed by atoms with Gasteiger partial charge in [0, 0.05) is 23.7 Å². The van der Waals surface area contributed by atoms with Crippen LogP contribution in [0.5, 0.6) is 5.75 Å². The van der Waals surface area contributed by atoms with Gasteiger partial charge in [0.05, 0.1) is 6.61 Å². The number of nitrogens with zero attached hydrogens (tertiary/aromatic N) is 1. The maximum absolute atomic E-state index is 13.5. The van der Waals surface area contributed by atoms with Crippen molar-refractivity contribution in [3.63, 3.8) is 0 Å². The van der Waals surface area contributed by atoms with Crippen LogP contribution in [0.1, 0.15) is 51.7 Å². The highest BCUT2D eigenvalue weighted by molar-refractivity contribution is 5.28. The highest BCUT2D eigenvalue weighted by Gasteiger charge is 2.36. The highest BCUT2D eigenvalue weighted by Crippen LogP contribution is 2.38. The predicted molar refractivity (Wildman–Crippen MR) is 136 cm³/mol. The van der Waals surface area contributed by atoms with Gasteiger partial charge in [0.25, 0.3) is 0 Å². The van der Waals surface area contributed by atoms with Crippen LogP contribution in [0.2, 0.25) is 0 Å². The van der Waals surface area contributed by atoms with Crippen molar-refractivity contribution in [1.82, 2.24) is 10.2 Å². The van der Waals surface area contributed by atoms with E-state index in [1.807, 2.05) is 24.3 Å². The maximum atomic E-state index is 13.5. The summed E-state index contributed by atoms with van der Waals surface area (Å²) < 4.78 is 19.3. The third-order valence-electron chi connectivity index (χ3n) is 7.04. The summed E-state index contributed by atoms with van der Waals surface area (Å²) in [5.41, 5.74) is 3.60. The van der Waals surface area contributed by atoms with E-state index in [2.05, 4.69) is 63.7 Å². The Balaban J connectivity index is 1.67. The minimum Gasteiger partial charge on any atom is -0.493 e. The van der Waals surface area contributed by atoms with E-state index in [0.29, 0.717) is 17.8 Å². The molecule has 0 bridgehead atoms. The molecule has 1 N–H and O–H groups in total. The topological polar surface area (TPSA) is 24.5 Å². The van der Waals surface area contributed by atoms with Gasteiger partial charge in [0.15, 0.2) is 0 Å². The number of rotatable bonds is 10. The minimum atomic E-state index is -0.187. The lowest BCUT2D eigenvalue weighted by molar-refractivity contribution is 0.0547. The molecule has 0 amide bonds. The monoisotopic (exact) mass is 452 g/mol. The Morgan fingerprint density at radius 1 is 1.12 bits per heavy atom. The lowest BCUT2D eigenvalue weighted by Crippen LogP contribution is -2.49. The van der Waals surface area contributed by atoms with Crippen LogP contribution in [0.15, 0.2) is 60.8 Å². The van der Waals surface area contributed by atoms with Gasteiger partial charge in [-0.25, -0.2) is 4.39 Å². The van der Waals surface area contributed by atoms with Crippen LogP contribution in [0, 0.1) is 23.6 Å². The van der Waals surface area contributed by atoms with E-state index in [1.54, 1.807) is 12.1 Å². The number of ether oxygens (including phenoxy) is 1. The molecule has 0 spiro atoms. The Kier molecular flexibility index (Phi) is 8.58. The van der Waals surface area contributed by atoms with E-state index in [4.69, 9.17) is 4.74 Å². The fraction of sp³-hybridized carbons (Fsp3) is 0.517. The van der Waals surface area contributed by atoms with E-state index < -0.39 is 0 Å². The molecule has 1 saturated heterocycles. The van der Waals surface area contributed by atoms with E-state index >= 15 is 0 Å². The molecular formula is C29H41FN2O. The summed E-state index contributed by atoms with van der Waals surface area (Å²) in [7, 11) is 2.22. The molecule has 2 atom stereocenters. The van der Waals surface area contributed by atoms with Gasteiger partial charge in [-0.1, -0.05) is 44.7 Å². The second kappa shape index (κ2) is 11.2. The summed E-state index contributed by atoms with van der Waals surface area (Å²) in [4.78, 5) is 2.46. The van der Waals surface area contributed by atoms with Crippen molar-refractivity contribution < 1.29 is 9.13 Å². The van der Waals surface area contributed by atoms with Gasteiger partial charge in [-0.3, -0.25) is 0 Å². The zero-order valence-corrected chi connectivity index (χ0v) is 21.0. The average Bonchev–Trinajstić information content (AvgIpc) is 2.78. The predicted octanol–water partition coefficient (Wildman–Crippen LogP) is 6.44. The molecule has 2 unspecified atom stereocenters. The van der Waals surface area contributed by atoms with Crippen molar-refractivity contribution in [2.45, 2.75) is 59.0 Å². The van der Waals surface area contributed by atoms with Crippen LogP contribution in [0.25, 0.3) is 0 Å². The molecule has 1 aliphatic heterocycles. The van der Waals surface area contributed by atoms with Crippen LogP contribution < -0.4 is 10.1 Å². The second-order valence-corrected chi connectivity index (χ2v) is 10.7. The summed E-state index contributed by atoms with van der Waals surface area (Å²) in [5.74, 6) is 2.07. The molecule has 0 saturated carbocycles. The molecule has 2 aromatic rings. The average molecular weight is 453 g/mol. The molecular weight excluding hydrogens is 411 g/mol. The number of allylic oxidation sites excluding steroid dienone is 1. The summed E-state index contributed by atoms with van der Waals surface area (Å²) in [6.45, 7) is 16.0. The molecule has 1 fully saturated rings. The van der Waals surface area contributed by atoms with E-state index in [0.717, 1.165) is 56.0 Å². The standard InChI is InChI=1S/C29H41FN2O/c1-21(2)20-33-27-13-9-24(10-14-27)19-31-22(3)28(17-23-7-11-26(30)12-8-23)25-15-16-32(6)29(4,5)18-25/h7-14,21,25,28,31H,3,15-20H2,1-2,4-6H3. The van der Waals surface area contributed by atoms with Crippen molar-refractivity contribution in [2.75, 3.05) is 20.2 Å². The Bertz CT molecular complexity index is 889. The molecule has 3 nitrogen and oxygen atoms in total. The number of likely N-dealkylation sites (tertiary alicyclic amines) is 1. The normalized spacial score (nSPS) is 19.3. The van der Waals surface area contributed by atoms with Gasteiger partial charge in [-0.15, -0.1) is 0 Å². The first-order valence-electron chi connectivity index (χ1n) is 12.2. The molecule has 1 heterocycles. The fourth-order valence-electron chi connectivity index (χ4n) is 4.67. The number of piperidine rings is 1. The Morgan fingerprint density at radius 3 is 2.36 bits per heavy atom. The van der Waals surface area contributed by atoms with Crippen molar-refractivity contribution in [3.8, 4) is 5.75 Å². The fourth-order valence-corrected chi connectivity index (χ4v) is 4.67. The number of halogens is 1. The third kappa shape index (κ3) is 7.33. The SMILES string of the molecule is C=C(NCc1ccc(OCC(C)C)cc1)C(Cc1ccc(F)cc1)C1CCN(C)C(C)(C)C1. The Labute approximate surface area is 200 Å². The highest BCUT2D eigenvalue weighted by atomic mass is 19.1.